The molecule has 102 valence electrons. The minimum atomic E-state index is 0.330. The second-order valence-corrected chi connectivity index (χ2v) is 6.47. The summed E-state index contributed by atoms with van der Waals surface area (Å²) in [5, 5.41) is 0.917. The first kappa shape index (κ1) is 14.4. The van der Waals surface area contributed by atoms with Crippen molar-refractivity contribution >= 4 is 16.9 Å². The van der Waals surface area contributed by atoms with Crippen molar-refractivity contribution in [1.82, 2.24) is 0 Å². The van der Waals surface area contributed by atoms with E-state index in [2.05, 4.69) is 18.2 Å². The van der Waals surface area contributed by atoms with Crippen LogP contribution in [0, 0.1) is 0 Å². The Morgan fingerprint density at radius 2 is 1.84 bits per heavy atom. The molecule has 0 spiro atoms. The van der Waals surface area contributed by atoms with Gasteiger partial charge in [-0.3, -0.25) is 4.79 Å². The second kappa shape index (κ2) is 8.21. The summed E-state index contributed by atoms with van der Waals surface area (Å²) in [7, 11) is 0. The summed E-state index contributed by atoms with van der Waals surface area (Å²) >= 11 is 1.58. The van der Waals surface area contributed by atoms with E-state index < -0.39 is 0 Å². The van der Waals surface area contributed by atoms with E-state index in [-0.39, 0.29) is 0 Å². The molecule has 2 heteroatoms. The molecule has 0 saturated heterocycles. The maximum atomic E-state index is 11.8. The van der Waals surface area contributed by atoms with Crippen LogP contribution in [0.3, 0.4) is 0 Å². The average molecular weight is 274 g/mol. The summed E-state index contributed by atoms with van der Waals surface area (Å²) in [4.78, 5) is 11.8. The van der Waals surface area contributed by atoms with Crippen molar-refractivity contribution in [1.29, 1.82) is 0 Å². The van der Waals surface area contributed by atoms with Crippen molar-refractivity contribution in [2.45, 2.75) is 50.2 Å². The average Bonchev–Trinajstić information content (AvgIpc) is 2.46. The van der Waals surface area contributed by atoms with Crippen LogP contribution in [0.4, 0.5) is 0 Å². The lowest BCUT2D eigenvalue weighted by Gasteiger charge is -2.19. The smallest absolute Gasteiger partial charge is 0.192 e. The van der Waals surface area contributed by atoms with Gasteiger partial charge in [-0.05, 0) is 24.8 Å². The Bertz CT molecular complexity index is 405. The lowest BCUT2D eigenvalue weighted by atomic mass is 10.0. The van der Waals surface area contributed by atoms with Gasteiger partial charge in [0.05, 0.1) is 0 Å². The number of thioether (sulfide) groups is 1. The Labute approximate surface area is 120 Å². The fourth-order valence-electron chi connectivity index (χ4n) is 2.43. The quantitative estimate of drug-likeness (QED) is 0.720. The highest BCUT2D eigenvalue weighted by Crippen LogP contribution is 2.29. The van der Waals surface area contributed by atoms with E-state index in [0.717, 1.165) is 6.42 Å². The molecule has 0 amide bonds. The maximum absolute atomic E-state index is 11.8. The van der Waals surface area contributed by atoms with Crippen molar-refractivity contribution in [3.05, 3.63) is 48.0 Å². The maximum Gasteiger partial charge on any atom is 0.192 e. The molecular formula is C17H22OS. The molecule has 0 N–H and O–H groups in total. The lowest BCUT2D eigenvalue weighted by molar-refractivity contribution is -0.110. The van der Waals surface area contributed by atoms with Crippen LogP contribution in [0.1, 0.15) is 44.1 Å². The van der Waals surface area contributed by atoms with Crippen LogP contribution in [0.5, 0.6) is 0 Å². The largest absolute Gasteiger partial charge is 0.287 e. The number of benzene rings is 1. The van der Waals surface area contributed by atoms with Gasteiger partial charge in [-0.25, -0.2) is 0 Å². The normalized spacial score (nSPS) is 16.8. The van der Waals surface area contributed by atoms with Gasteiger partial charge in [-0.15, -0.1) is 0 Å². The van der Waals surface area contributed by atoms with Gasteiger partial charge >= 0.3 is 0 Å². The van der Waals surface area contributed by atoms with Gasteiger partial charge in [0.15, 0.2) is 5.12 Å². The highest BCUT2D eigenvalue weighted by atomic mass is 32.2. The van der Waals surface area contributed by atoms with Crippen molar-refractivity contribution in [3.63, 3.8) is 0 Å². The van der Waals surface area contributed by atoms with Gasteiger partial charge in [-0.1, -0.05) is 73.5 Å². The third-order valence-corrected chi connectivity index (χ3v) is 4.73. The zero-order valence-electron chi connectivity index (χ0n) is 11.4. The third-order valence-electron chi connectivity index (χ3n) is 3.50. The number of hydrogen-bond acceptors (Lipinski definition) is 2. The summed E-state index contributed by atoms with van der Waals surface area (Å²) in [6.45, 7) is 0. The molecule has 0 unspecified atom stereocenters. The Balaban J connectivity index is 1.65. The Hall–Kier alpha value is -1.02. The molecule has 0 atom stereocenters. The van der Waals surface area contributed by atoms with Gasteiger partial charge < -0.3 is 0 Å². The van der Waals surface area contributed by atoms with E-state index in [0.29, 0.717) is 16.8 Å². The van der Waals surface area contributed by atoms with E-state index in [9.17, 15) is 4.79 Å². The van der Waals surface area contributed by atoms with Crippen molar-refractivity contribution in [3.8, 4) is 0 Å². The van der Waals surface area contributed by atoms with Crippen LogP contribution in [0.25, 0.3) is 0 Å². The monoisotopic (exact) mass is 274 g/mol. The number of hydrogen-bond donors (Lipinski definition) is 0. The van der Waals surface area contributed by atoms with E-state index in [1.807, 2.05) is 24.3 Å². The van der Waals surface area contributed by atoms with Gasteiger partial charge in [0.2, 0.25) is 0 Å². The van der Waals surface area contributed by atoms with E-state index in [1.165, 1.54) is 37.7 Å². The summed E-state index contributed by atoms with van der Waals surface area (Å²) in [5.41, 5.74) is 1.30. The molecule has 0 radical (unpaired) electrons. The Morgan fingerprint density at radius 3 is 2.58 bits per heavy atom. The topological polar surface area (TPSA) is 17.1 Å². The molecule has 1 nitrogen and oxygen atoms in total. The SMILES string of the molecule is O=C(C/C=C\Cc1ccccc1)SC1CCCCC1. The van der Waals surface area contributed by atoms with Crippen LogP contribution in [0.15, 0.2) is 42.5 Å². The van der Waals surface area contributed by atoms with Gasteiger partial charge in [-0.2, -0.15) is 0 Å². The number of rotatable bonds is 5. The molecule has 0 aliphatic heterocycles. The molecule has 0 bridgehead atoms. The zero-order chi connectivity index (χ0) is 13.3. The van der Waals surface area contributed by atoms with E-state index in [4.69, 9.17) is 0 Å². The molecule has 1 aliphatic rings. The lowest BCUT2D eigenvalue weighted by Crippen LogP contribution is -2.10. The molecule has 1 aromatic carbocycles. The number of carbonyl (C=O) groups is 1. The molecule has 1 aromatic rings. The number of allylic oxidation sites excluding steroid dienone is 2. The molecule has 1 aliphatic carbocycles. The molecule has 1 saturated carbocycles. The third kappa shape index (κ3) is 5.65. The van der Waals surface area contributed by atoms with E-state index >= 15 is 0 Å². The van der Waals surface area contributed by atoms with Gasteiger partial charge in [0.25, 0.3) is 0 Å². The van der Waals surface area contributed by atoms with Crippen LogP contribution in [-0.4, -0.2) is 10.4 Å². The fourth-order valence-corrected chi connectivity index (χ4v) is 3.56. The first-order valence-electron chi connectivity index (χ1n) is 7.23. The highest BCUT2D eigenvalue weighted by Gasteiger charge is 2.16. The summed E-state index contributed by atoms with van der Waals surface area (Å²) < 4.78 is 0. The van der Waals surface area contributed by atoms with Crippen molar-refractivity contribution < 1.29 is 4.79 Å². The van der Waals surface area contributed by atoms with Crippen LogP contribution < -0.4 is 0 Å². The minimum absolute atomic E-state index is 0.330. The zero-order valence-corrected chi connectivity index (χ0v) is 12.2. The van der Waals surface area contributed by atoms with E-state index in [1.54, 1.807) is 11.8 Å². The number of carbonyl (C=O) groups excluding carboxylic acids is 1. The highest BCUT2D eigenvalue weighted by molar-refractivity contribution is 8.14. The van der Waals surface area contributed by atoms with Crippen molar-refractivity contribution in [2.24, 2.45) is 0 Å². The molecule has 1 fully saturated rings. The molecule has 0 aromatic heterocycles. The minimum Gasteiger partial charge on any atom is -0.287 e. The molecular weight excluding hydrogens is 252 g/mol. The summed E-state index contributed by atoms with van der Waals surface area (Å²) in [6, 6.07) is 10.4. The van der Waals surface area contributed by atoms with Crippen LogP contribution in [-0.2, 0) is 11.2 Å². The molecule has 2 rings (SSSR count). The first-order valence-corrected chi connectivity index (χ1v) is 8.11. The second-order valence-electron chi connectivity index (χ2n) is 5.12. The summed E-state index contributed by atoms with van der Waals surface area (Å²) in [5.74, 6) is 0. The Morgan fingerprint density at radius 1 is 1.11 bits per heavy atom. The first-order chi connectivity index (χ1) is 9.34. The van der Waals surface area contributed by atoms with Crippen molar-refractivity contribution in [2.75, 3.05) is 0 Å². The standard InChI is InChI=1S/C17H22OS/c18-17(19-16-12-5-2-6-13-16)14-8-7-11-15-9-3-1-4-10-15/h1,3-4,7-10,16H,2,5-6,11-14H2/b8-7-. The van der Waals surface area contributed by atoms with Gasteiger partial charge in [0, 0.05) is 11.7 Å². The molecule has 19 heavy (non-hydrogen) atoms. The predicted octanol–water partition coefficient (Wildman–Crippen LogP) is 4.77. The Kier molecular flexibility index (Phi) is 6.22. The van der Waals surface area contributed by atoms with Gasteiger partial charge in [0.1, 0.15) is 0 Å². The fraction of sp³-hybridized carbons (Fsp3) is 0.471. The predicted molar refractivity (Wildman–Crippen MR) is 83.4 cm³/mol. The molecule has 0 heterocycles. The summed E-state index contributed by atoms with van der Waals surface area (Å²) in [6.07, 6.45) is 12.0. The van der Waals surface area contributed by atoms with Crippen LogP contribution >= 0.6 is 11.8 Å². The van der Waals surface area contributed by atoms with Crippen LogP contribution in [0.2, 0.25) is 0 Å².